The third kappa shape index (κ3) is 2.57. The molecule has 0 bridgehead atoms. The van der Waals surface area contributed by atoms with Crippen molar-refractivity contribution in [2.75, 3.05) is 12.0 Å². The van der Waals surface area contributed by atoms with Gasteiger partial charge in [0, 0.05) is 12.1 Å². The lowest BCUT2D eigenvalue weighted by atomic mass is 10.5. The number of carbonyl (C=O) groups is 1. The molecule has 1 N–H and O–H groups in total. The molecule has 0 saturated carbocycles. The Morgan fingerprint density at radius 1 is 1.42 bits per heavy atom. The summed E-state index contributed by atoms with van der Waals surface area (Å²) in [6, 6.07) is 5.49. The van der Waals surface area contributed by atoms with Gasteiger partial charge in [-0.1, -0.05) is 16.2 Å². The van der Waals surface area contributed by atoms with Gasteiger partial charge in [-0.3, -0.25) is 0 Å². The second-order valence-electron chi connectivity index (χ2n) is 2.12. The maximum Gasteiger partial charge on any atom is 0.461 e. The van der Waals surface area contributed by atoms with Crippen LogP contribution in [0.5, 0.6) is 0 Å². The van der Waals surface area contributed by atoms with Crippen molar-refractivity contribution < 1.29 is 14.2 Å². The number of rotatable bonds is 2. The van der Waals surface area contributed by atoms with E-state index >= 15 is 0 Å². The van der Waals surface area contributed by atoms with Crippen LogP contribution in [0, 0.1) is 0 Å². The zero-order chi connectivity index (χ0) is 8.81. The molecular weight excluding hydrogens is 156 g/mol. The predicted molar refractivity (Wildman–Crippen MR) is 43.0 cm³/mol. The number of nitrogens with zero attached hydrogens (tertiary/aromatic N) is 1. The smallest absolute Gasteiger partial charge is 0.446 e. The second-order valence-corrected chi connectivity index (χ2v) is 2.12. The molecule has 12 heavy (non-hydrogen) atoms. The van der Waals surface area contributed by atoms with Crippen molar-refractivity contribution in [3.05, 3.63) is 30.6 Å². The van der Waals surface area contributed by atoms with E-state index in [1.807, 2.05) is 18.2 Å². The van der Waals surface area contributed by atoms with Crippen LogP contribution in [-0.2, 0) is 4.74 Å². The molecule has 4 heteroatoms. The van der Waals surface area contributed by atoms with E-state index in [2.05, 4.69) is 10.2 Å². The third-order valence-corrected chi connectivity index (χ3v) is 1.21. The van der Waals surface area contributed by atoms with Crippen molar-refractivity contribution >= 4 is 6.09 Å². The van der Waals surface area contributed by atoms with E-state index in [1.165, 1.54) is 4.68 Å². The molecule has 0 saturated heterocycles. The molecule has 1 rings (SSSR count). The monoisotopic (exact) mass is 167 g/mol. The maximum absolute atomic E-state index is 10.9. The summed E-state index contributed by atoms with van der Waals surface area (Å²) in [6.07, 6.45) is 2.99. The molecule has 0 atom stereocenters. The minimum atomic E-state index is -0.450. The Morgan fingerprint density at radius 2 is 2.08 bits per heavy atom. The van der Waals surface area contributed by atoms with Gasteiger partial charge in [-0.05, 0) is 6.92 Å². The van der Waals surface area contributed by atoms with Gasteiger partial charge in [-0.2, -0.15) is 0 Å². The van der Waals surface area contributed by atoms with Gasteiger partial charge in [0.2, 0.25) is 0 Å². The second kappa shape index (κ2) is 4.33. The molecule has 64 valence electrons. The molecule has 1 aromatic rings. The topological polar surface area (TPSA) is 42.2 Å². The first-order valence-electron chi connectivity index (χ1n) is 3.73. The first-order chi connectivity index (χ1) is 5.83. The summed E-state index contributed by atoms with van der Waals surface area (Å²) in [4.78, 5) is 10.9. The van der Waals surface area contributed by atoms with Crippen molar-refractivity contribution in [2.45, 2.75) is 6.92 Å². The molecule has 4 nitrogen and oxygen atoms in total. The van der Waals surface area contributed by atoms with Crippen LogP contribution >= 0.6 is 0 Å². The fourth-order valence-electron chi connectivity index (χ4n) is 0.742. The van der Waals surface area contributed by atoms with Crippen molar-refractivity contribution in [1.82, 2.24) is 0 Å². The van der Waals surface area contributed by atoms with Crippen LogP contribution in [-0.4, -0.2) is 12.7 Å². The number of nitrogens with one attached hydrogen (secondary N) is 1. The standard InChI is InChI=1S/C8H10N2O2/c1-2-12-8(11)9-10-6-4-3-5-7-10/h3-7H,2H2,1H3/p+1. The van der Waals surface area contributed by atoms with E-state index < -0.39 is 6.09 Å². The van der Waals surface area contributed by atoms with Crippen LogP contribution in [0.1, 0.15) is 6.92 Å². The van der Waals surface area contributed by atoms with Gasteiger partial charge < -0.3 is 4.74 Å². The number of amides is 1. The molecular formula is C8H11N2O2+. The molecule has 0 aliphatic rings. The molecule has 0 aliphatic carbocycles. The van der Waals surface area contributed by atoms with Crippen molar-refractivity contribution in [2.24, 2.45) is 0 Å². The van der Waals surface area contributed by atoms with Gasteiger partial charge in [0.15, 0.2) is 12.4 Å². The highest BCUT2D eigenvalue weighted by Crippen LogP contribution is 1.77. The molecule has 0 spiro atoms. The largest absolute Gasteiger partial charge is 0.461 e. The highest BCUT2D eigenvalue weighted by molar-refractivity contribution is 5.73. The highest BCUT2D eigenvalue weighted by atomic mass is 16.5. The van der Waals surface area contributed by atoms with Gasteiger partial charge >= 0.3 is 6.09 Å². The van der Waals surface area contributed by atoms with Gasteiger partial charge in [-0.25, -0.2) is 4.79 Å². The number of aromatic nitrogens is 1. The molecule has 1 heterocycles. The predicted octanol–water partition coefficient (Wildman–Crippen LogP) is 0.674. The lowest BCUT2D eigenvalue weighted by molar-refractivity contribution is -0.642. The highest BCUT2D eigenvalue weighted by Gasteiger charge is 2.04. The van der Waals surface area contributed by atoms with Gasteiger partial charge in [-0.15, -0.1) is 0 Å². The SMILES string of the molecule is CCOC(=O)N[n+]1ccccc1. The summed E-state index contributed by atoms with van der Waals surface area (Å²) in [5.41, 5.74) is 2.50. The van der Waals surface area contributed by atoms with Gasteiger partial charge in [0.25, 0.3) is 0 Å². The molecule has 1 aromatic heterocycles. The zero-order valence-corrected chi connectivity index (χ0v) is 6.86. The molecule has 0 aromatic carbocycles. The Labute approximate surface area is 70.8 Å². The van der Waals surface area contributed by atoms with Gasteiger partial charge in [0.05, 0.1) is 6.61 Å². The fraction of sp³-hybridized carbons (Fsp3) is 0.250. The maximum atomic E-state index is 10.9. The third-order valence-electron chi connectivity index (χ3n) is 1.21. The fourth-order valence-corrected chi connectivity index (χ4v) is 0.742. The first-order valence-corrected chi connectivity index (χ1v) is 3.73. The average Bonchev–Trinajstić information content (AvgIpc) is 2.06. The Kier molecular flexibility index (Phi) is 3.07. The minimum absolute atomic E-state index is 0.374. The van der Waals surface area contributed by atoms with E-state index in [9.17, 15) is 4.79 Å². The van der Waals surface area contributed by atoms with Gasteiger partial charge in [0.1, 0.15) is 0 Å². The average molecular weight is 167 g/mol. The summed E-state index contributed by atoms with van der Waals surface area (Å²) in [5, 5.41) is 0. The van der Waals surface area contributed by atoms with E-state index in [4.69, 9.17) is 0 Å². The minimum Gasteiger partial charge on any atom is -0.446 e. The van der Waals surface area contributed by atoms with E-state index in [1.54, 1.807) is 19.3 Å². The Morgan fingerprint density at radius 3 is 2.67 bits per heavy atom. The number of carbonyl (C=O) groups excluding carboxylic acids is 1. The molecule has 1 amide bonds. The number of pyridine rings is 1. The summed E-state index contributed by atoms with van der Waals surface area (Å²) < 4.78 is 6.20. The number of hydrogen-bond acceptors (Lipinski definition) is 2. The van der Waals surface area contributed by atoms with Crippen LogP contribution in [0.3, 0.4) is 0 Å². The molecule has 0 fully saturated rings. The molecule has 0 aliphatic heterocycles. The van der Waals surface area contributed by atoms with Crippen LogP contribution in [0.15, 0.2) is 30.6 Å². The van der Waals surface area contributed by atoms with Crippen molar-refractivity contribution in [1.29, 1.82) is 0 Å². The molecule has 0 unspecified atom stereocenters. The zero-order valence-electron chi connectivity index (χ0n) is 6.86. The van der Waals surface area contributed by atoms with Crippen LogP contribution < -0.4 is 10.1 Å². The summed E-state index contributed by atoms with van der Waals surface area (Å²) >= 11 is 0. The lowest BCUT2D eigenvalue weighted by Gasteiger charge is -1.98. The first kappa shape index (κ1) is 8.52. The number of hydrogen-bond donors (Lipinski definition) is 1. The Hall–Kier alpha value is -1.58. The van der Waals surface area contributed by atoms with E-state index in [0.29, 0.717) is 6.61 Å². The van der Waals surface area contributed by atoms with Crippen LogP contribution in [0.25, 0.3) is 0 Å². The van der Waals surface area contributed by atoms with Crippen molar-refractivity contribution in [3.8, 4) is 0 Å². The Bertz CT molecular complexity index is 248. The van der Waals surface area contributed by atoms with Crippen LogP contribution in [0.4, 0.5) is 4.79 Å². The van der Waals surface area contributed by atoms with Crippen molar-refractivity contribution in [3.63, 3.8) is 0 Å². The molecule has 0 radical (unpaired) electrons. The van der Waals surface area contributed by atoms with E-state index in [0.717, 1.165) is 0 Å². The summed E-state index contributed by atoms with van der Waals surface area (Å²) in [7, 11) is 0. The van der Waals surface area contributed by atoms with Crippen LogP contribution in [0.2, 0.25) is 0 Å². The van der Waals surface area contributed by atoms with E-state index in [-0.39, 0.29) is 0 Å². The lowest BCUT2D eigenvalue weighted by Crippen LogP contribution is -2.47. The summed E-state index contributed by atoms with van der Waals surface area (Å²) in [6.45, 7) is 2.13. The summed E-state index contributed by atoms with van der Waals surface area (Å²) in [5.74, 6) is 0. The number of ether oxygens (including phenoxy) is 1. The Balaban J connectivity index is 2.47. The quantitative estimate of drug-likeness (QED) is 0.658. The normalized spacial score (nSPS) is 9.08.